The van der Waals surface area contributed by atoms with Gasteiger partial charge in [0.2, 0.25) is 23.6 Å². The molecule has 9 N–H and O–H groups in total. The lowest BCUT2D eigenvalue weighted by atomic mass is 10.0. The van der Waals surface area contributed by atoms with E-state index in [4.69, 9.17) is 16.6 Å². The second kappa shape index (κ2) is 13.4. The first-order chi connectivity index (χ1) is 15.5. The summed E-state index contributed by atoms with van der Waals surface area (Å²) >= 11 is 3.88. The van der Waals surface area contributed by atoms with Crippen LogP contribution in [-0.4, -0.2) is 74.6 Å². The molecular formula is C19H31N7O6S. The Bertz CT molecular complexity index is 833. The fourth-order valence-electron chi connectivity index (χ4n) is 2.68. The first kappa shape index (κ1) is 27.9. The number of aliphatic carboxylic acids is 1. The third-order valence-electron chi connectivity index (χ3n) is 4.74. The van der Waals surface area contributed by atoms with E-state index >= 15 is 0 Å². The van der Waals surface area contributed by atoms with Crippen LogP contribution in [0.4, 0.5) is 0 Å². The van der Waals surface area contributed by atoms with Crippen molar-refractivity contribution in [3.8, 4) is 0 Å². The highest BCUT2D eigenvalue weighted by atomic mass is 32.1. The van der Waals surface area contributed by atoms with Crippen LogP contribution in [-0.2, 0) is 30.4 Å². The smallest absolute Gasteiger partial charge is 0.327 e. The Morgan fingerprint density at radius 3 is 2.12 bits per heavy atom. The number of carbonyl (C=O) groups excluding carboxylic acids is 4. The van der Waals surface area contributed by atoms with E-state index in [1.54, 1.807) is 13.8 Å². The SMILES string of the molecule is CC(C)C(N)C(=O)NC(Cc1cnc[nH]1)C(=O)NC(CCC(N)=O)C(=O)NC(CS)C(=O)O. The number of carboxylic acids is 1. The fourth-order valence-corrected chi connectivity index (χ4v) is 2.93. The number of rotatable bonds is 14. The average molecular weight is 486 g/mol. The van der Waals surface area contributed by atoms with Gasteiger partial charge in [-0.25, -0.2) is 9.78 Å². The standard InChI is InChI=1S/C19H31N7O6S/c1-9(2)15(21)18(30)25-12(5-10-6-22-8-23-10)17(29)24-11(3-4-14(20)27)16(28)26-13(7-33)19(31)32/h6,8-9,11-13,15,33H,3-5,7,21H2,1-2H3,(H2,20,27)(H,22,23)(H,24,29)(H,25,30)(H,26,28)(H,31,32). The van der Waals surface area contributed by atoms with Crippen LogP contribution in [0.15, 0.2) is 12.5 Å². The number of imidazole rings is 1. The summed E-state index contributed by atoms with van der Waals surface area (Å²) < 4.78 is 0. The molecule has 0 aliphatic carbocycles. The lowest BCUT2D eigenvalue weighted by Gasteiger charge is -2.25. The molecule has 0 radical (unpaired) electrons. The lowest BCUT2D eigenvalue weighted by Crippen LogP contribution is -2.58. The minimum Gasteiger partial charge on any atom is -0.480 e. The Hall–Kier alpha value is -3.13. The molecule has 1 aromatic heterocycles. The largest absolute Gasteiger partial charge is 0.480 e. The van der Waals surface area contributed by atoms with Crippen molar-refractivity contribution in [3.63, 3.8) is 0 Å². The predicted molar refractivity (Wildman–Crippen MR) is 121 cm³/mol. The molecule has 1 rings (SSSR count). The van der Waals surface area contributed by atoms with Crippen LogP contribution >= 0.6 is 12.6 Å². The Kier molecular flexibility index (Phi) is 11.4. The number of hydrogen-bond acceptors (Lipinski definition) is 8. The number of thiol groups is 1. The Balaban J connectivity index is 3.05. The van der Waals surface area contributed by atoms with Gasteiger partial charge in [-0.05, 0) is 12.3 Å². The molecule has 4 atom stereocenters. The molecule has 184 valence electrons. The molecule has 0 fully saturated rings. The molecule has 0 spiro atoms. The quantitative estimate of drug-likeness (QED) is 0.133. The van der Waals surface area contributed by atoms with Crippen LogP contribution in [0.25, 0.3) is 0 Å². The topological polar surface area (TPSA) is 222 Å². The molecular weight excluding hydrogens is 454 g/mol. The molecule has 0 aliphatic heterocycles. The van der Waals surface area contributed by atoms with Gasteiger partial charge in [0.05, 0.1) is 12.4 Å². The Labute approximate surface area is 196 Å². The van der Waals surface area contributed by atoms with Crippen LogP contribution in [0.3, 0.4) is 0 Å². The van der Waals surface area contributed by atoms with Crippen molar-refractivity contribution in [2.45, 2.75) is 57.3 Å². The summed E-state index contributed by atoms with van der Waals surface area (Å²) in [7, 11) is 0. The minimum atomic E-state index is -1.31. The molecule has 13 nitrogen and oxygen atoms in total. The second-order valence-electron chi connectivity index (χ2n) is 7.76. The monoisotopic (exact) mass is 485 g/mol. The maximum atomic E-state index is 13.0. The van der Waals surface area contributed by atoms with E-state index in [-0.39, 0.29) is 30.9 Å². The Morgan fingerprint density at radius 1 is 1.06 bits per heavy atom. The number of hydrogen-bond donors (Lipinski definition) is 8. The molecule has 1 aromatic rings. The van der Waals surface area contributed by atoms with Gasteiger partial charge < -0.3 is 37.5 Å². The predicted octanol–water partition coefficient (Wildman–Crippen LogP) is -2.33. The number of aromatic nitrogens is 2. The van der Waals surface area contributed by atoms with Crippen molar-refractivity contribution < 1.29 is 29.1 Å². The molecule has 4 amide bonds. The summed E-state index contributed by atoms with van der Waals surface area (Å²) in [6.45, 7) is 3.50. The van der Waals surface area contributed by atoms with Crippen molar-refractivity contribution in [2.24, 2.45) is 17.4 Å². The van der Waals surface area contributed by atoms with Gasteiger partial charge in [-0.15, -0.1) is 0 Å². The molecule has 4 unspecified atom stereocenters. The summed E-state index contributed by atoms with van der Waals surface area (Å²) in [6.07, 6.45) is 2.46. The normalized spacial score (nSPS) is 14.6. The fraction of sp³-hybridized carbons (Fsp3) is 0.579. The molecule has 0 saturated carbocycles. The summed E-state index contributed by atoms with van der Waals surface area (Å²) in [5.74, 6) is -4.55. The van der Waals surface area contributed by atoms with Crippen LogP contribution in [0.2, 0.25) is 0 Å². The number of carboxylic acid groups (broad SMARTS) is 1. The lowest BCUT2D eigenvalue weighted by molar-refractivity contribution is -0.141. The van der Waals surface area contributed by atoms with Gasteiger partial charge in [-0.3, -0.25) is 19.2 Å². The number of H-pyrrole nitrogens is 1. The molecule has 0 bridgehead atoms. The van der Waals surface area contributed by atoms with E-state index in [1.165, 1.54) is 12.5 Å². The molecule has 0 aliphatic rings. The molecule has 14 heteroatoms. The number of primary amides is 1. The molecule has 0 aromatic carbocycles. The van der Waals surface area contributed by atoms with E-state index in [0.717, 1.165) is 0 Å². The van der Waals surface area contributed by atoms with Crippen LogP contribution < -0.4 is 27.4 Å². The van der Waals surface area contributed by atoms with Gasteiger partial charge in [0, 0.05) is 30.5 Å². The molecule has 33 heavy (non-hydrogen) atoms. The van der Waals surface area contributed by atoms with Crippen molar-refractivity contribution in [1.82, 2.24) is 25.9 Å². The van der Waals surface area contributed by atoms with E-state index in [1.807, 2.05) is 0 Å². The average Bonchev–Trinajstić information content (AvgIpc) is 3.25. The zero-order valence-electron chi connectivity index (χ0n) is 18.4. The van der Waals surface area contributed by atoms with Crippen molar-refractivity contribution >= 4 is 42.2 Å². The summed E-state index contributed by atoms with van der Waals surface area (Å²) in [5, 5.41) is 16.4. The highest BCUT2D eigenvalue weighted by Crippen LogP contribution is 2.05. The maximum Gasteiger partial charge on any atom is 0.327 e. The van der Waals surface area contributed by atoms with Crippen molar-refractivity contribution in [3.05, 3.63) is 18.2 Å². The summed E-state index contributed by atoms with van der Waals surface area (Å²) in [6, 6.07) is -4.60. The van der Waals surface area contributed by atoms with E-state index in [2.05, 4.69) is 38.5 Å². The summed E-state index contributed by atoms with van der Waals surface area (Å²) in [4.78, 5) is 67.2. The first-order valence-electron chi connectivity index (χ1n) is 10.2. The number of amides is 4. The maximum absolute atomic E-state index is 13.0. The van der Waals surface area contributed by atoms with E-state index < -0.39 is 53.8 Å². The molecule has 1 heterocycles. The second-order valence-corrected chi connectivity index (χ2v) is 8.13. The minimum absolute atomic E-state index is 0.0148. The van der Waals surface area contributed by atoms with Gasteiger partial charge in [0.15, 0.2) is 0 Å². The highest BCUT2D eigenvalue weighted by molar-refractivity contribution is 7.80. The van der Waals surface area contributed by atoms with Crippen LogP contribution in [0.1, 0.15) is 32.4 Å². The zero-order valence-corrected chi connectivity index (χ0v) is 19.3. The van der Waals surface area contributed by atoms with Gasteiger partial charge >= 0.3 is 5.97 Å². The third-order valence-corrected chi connectivity index (χ3v) is 5.11. The zero-order chi connectivity index (χ0) is 25.1. The van der Waals surface area contributed by atoms with E-state index in [0.29, 0.717) is 5.69 Å². The number of nitrogens with one attached hydrogen (secondary N) is 4. The van der Waals surface area contributed by atoms with Gasteiger partial charge in [-0.2, -0.15) is 12.6 Å². The van der Waals surface area contributed by atoms with Crippen LogP contribution in [0.5, 0.6) is 0 Å². The number of nitrogens with two attached hydrogens (primary N) is 2. The molecule has 0 saturated heterocycles. The Morgan fingerprint density at radius 2 is 1.64 bits per heavy atom. The van der Waals surface area contributed by atoms with Gasteiger partial charge in [0.1, 0.15) is 18.1 Å². The van der Waals surface area contributed by atoms with Crippen molar-refractivity contribution in [1.29, 1.82) is 0 Å². The van der Waals surface area contributed by atoms with Gasteiger partial charge in [0.25, 0.3) is 0 Å². The number of aromatic amines is 1. The first-order valence-corrected chi connectivity index (χ1v) is 10.8. The van der Waals surface area contributed by atoms with Crippen molar-refractivity contribution in [2.75, 3.05) is 5.75 Å². The summed E-state index contributed by atoms with van der Waals surface area (Å²) in [5.41, 5.74) is 11.6. The van der Waals surface area contributed by atoms with Crippen LogP contribution in [0, 0.1) is 5.92 Å². The number of nitrogens with zero attached hydrogens (tertiary/aromatic N) is 1. The third kappa shape index (κ3) is 9.49. The van der Waals surface area contributed by atoms with Gasteiger partial charge in [-0.1, -0.05) is 13.8 Å². The number of carbonyl (C=O) groups is 5. The van der Waals surface area contributed by atoms with E-state index in [9.17, 15) is 24.0 Å². The highest BCUT2D eigenvalue weighted by Gasteiger charge is 2.31.